The molecule has 0 spiro atoms. The van der Waals surface area contributed by atoms with E-state index in [-0.39, 0.29) is 5.75 Å². The first-order valence-electron chi connectivity index (χ1n) is 3.46. The van der Waals surface area contributed by atoms with Crippen LogP contribution in [0.2, 0.25) is 0 Å². The quantitative estimate of drug-likeness (QED) is 0.788. The predicted molar refractivity (Wildman–Crippen MR) is 64.7 cm³/mol. The van der Waals surface area contributed by atoms with Gasteiger partial charge in [0, 0.05) is 7.14 Å². The largest absolute Gasteiger partial charge is 0.504 e. The molecule has 0 saturated carbocycles. The SMILES string of the molecule is CCOc1cc(I)c(I)cc1O. The second-order valence-corrected chi connectivity index (χ2v) is 4.49. The van der Waals surface area contributed by atoms with Gasteiger partial charge in [0.15, 0.2) is 11.5 Å². The third-order valence-electron chi connectivity index (χ3n) is 1.30. The van der Waals surface area contributed by atoms with Crippen LogP contribution < -0.4 is 4.74 Å². The van der Waals surface area contributed by atoms with Crippen molar-refractivity contribution in [2.24, 2.45) is 0 Å². The maximum Gasteiger partial charge on any atom is 0.162 e. The van der Waals surface area contributed by atoms with Crippen LogP contribution in [0.3, 0.4) is 0 Å². The first kappa shape index (κ1) is 10.4. The summed E-state index contributed by atoms with van der Waals surface area (Å²) in [4.78, 5) is 0. The van der Waals surface area contributed by atoms with E-state index in [0.29, 0.717) is 12.4 Å². The lowest BCUT2D eigenvalue weighted by atomic mass is 10.3. The highest BCUT2D eigenvalue weighted by molar-refractivity contribution is 14.1. The molecule has 0 radical (unpaired) electrons. The molecule has 0 heterocycles. The summed E-state index contributed by atoms with van der Waals surface area (Å²) in [5.74, 6) is 0.768. The van der Waals surface area contributed by atoms with Crippen molar-refractivity contribution in [3.8, 4) is 11.5 Å². The van der Waals surface area contributed by atoms with E-state index in [1.165, 1.54) is 0 Å². The molecule has 0 bridgehead atoms. The first-order valence-corrected chi connectivity index (χ1v) is 5.61. The standard InChI is InChI=1S/C8H8I2O2/c1-2-12-8-4-6(10)5(9)3-7(8)11/h3-4,11H,2H2,1H3. The number of hydrogen-bond donors (Lipinski definition) is 1. The highest BCUT2D eigenvalue weighted by Crippen LogP contribution is 2.31. The van der Waals surface area contributed by atoms with Gasteiger partial charge in [-0.05, 0) is 64.2 Å². The molecule has 1 aromatic carbocycles. The third kappa shape index (κ3) is 2.38. The summed E-state index contributed by atoms with van der Waals surface area (Å²) in [5.41, 5.74) is 0. The van der Waals surface area contributed by atoms with Gasteiger partial charge in [0.1, 0.15) is 0 Å². The van der Waals surface area contributed by atoms with Gasteiger partial charge in [0.25, 0.3) is 0 Å². The molecule has 1 N–H and O–H groups in total. The fourth-order valence-electron chi connectivity index (χ4n) is 0.789. The molecule has 0 aliphatic rings. The molecule has 1 rings (SSSR count). The van der Waals surface area contributed by atoms with E-state index in [1.54, 1.807) is 6.07 Å². The van der Waals surface area contributed by atoms with Crippen molar-refractivity contribution in [3.63, 3.8) is 0 Å². The normalized spacial score (nSPS) is 9.92. The summed E-state index contributed by atoms with van der Waals surface area (Å²) in [6.07, 6.45) is 0. The van der Waals surface area contributed by atoms with Gasteiger partial charge < -0.3 is 9.84 Å². The minimum Gasteiger partial charge on any atom is -0.504 e. The van der Waals surface area contributed by atoms with Crippen LogP contribution in [0.15, 0.2) is 12.1 Å². The molecule has 1 aromatic rings. The Balaban J connectivity index is 3.05. The highest BCUT2D eigenvalue weighted by Gasteiger charge is 2.05. The lowest BCUT2D eigenvalue weighted by Crippen LogP contribution is -1.93. The van der Waals surface area contributed by atoms with E-state index < -0.39 is 0 Å². The smallest absolute Gasteiger partial charge is 0.162 e. The summed E-state index contributed by atoms with van der Waals surface area (Å²) in [5, 5.41) is 9.41. The molecule has 0 aliphatic heterocycles. The minimum absolute atomic E-state index is 0.210. The molecule has 4 heteroatoms. The summed E-state index contributed by atoms with van der Waals surface area (Å²) < 4.78 is 7.34. The Morgan fingerprint density at radius 1 is 1.33 bits per heavy atom. The van der Waals surface area contributed by atoms with Crippen LogP contribution in [0.1, 0.15) is 6.92 Å². The van der Waals surface area contributed by atoms with E-state index >= 15 is 0 Å². The molecule has 2 nitrogen and oxygen atoms in total. The molecule has 0 atom stereocenters. The van der Waals surface area contributed by atoms with Crippen molar-refractivity contribution in [3.05, 3.63) is 19.3 Å². The van der Waals surface area contributed by atoms with Crippen molar-refractivity contribution in [1.82, 2.24) is 0 Å². The number of hydrogen-bond acceptors (Lipinski definition) is 2. The topological polar surface area (TPSA) is 29.5 Å². The van der Waals surface area contributed by atoms with Gasteiger partial charge in [-0.2, -0.15) is 0 Å². The molecular weight excluding hydrogens is 382 g/mol. The summed E-state index contributed by atoms with van der Waals surface area (Å²) in [6.45, 7) is 2.47. The van der Waals surface area contributed by atoms with Gasteiger partial charge >= 0.3 is 0 Å². The van der Waals surface area contributed by atoms with E-state index in [4.69, 9.17) is 4.74 Å². The zero-order valence-corrected chi connectivity index (χ0v) is 10.8. The van der Waals surface area contributed by atoms with Crippen LogP contribution in [0.25, 0.3) is 0 Å². The average molecular weight is 390 g/mol. The number of benzene rings is 1. The molecular formula is C8H8I2O2. The number of rotatable bonds is 2. The van der Waals surface area contributed by atoms with Crippen LogP contribution in [-0.2, 0) is 0 Å². The lowest BCUT2D eigenvalue weighted by molar-refractivity contribution is 0.317. The predicted octanol–water partition coefficient (Wildman–Crippen LogP) is 3.00. The van der Waals surface area contributed by atoms with Gasteiger partial charge in [-0.1, -0.05) is 0 Å². The Kier molecular flexibility index (Phi) is 3.88. The van der Waals surface area contributed by atoms with Crippen molar-refractivity contribution in [2.75, 3.05) is 6.61 Å². The van der Waals surface area contributed by atoms with Crippen LogP contribution in [0.4, 0.5) is 0 Å². The fourth-order valence-corrected chi connectivity index (χ4v) is 1.68. The highest BCUT2D eigenvalue weighted by atomic mass is 127. The monoisotopic (exact) mass is 390 g/mol. The van der Waals surface area contributed by atoms with Crippen molar-refractivity contribution in [2.45, 2.75) is 6.92 Å². The van der Waals surface area contributed by atoms with Crippen molar-refractivity contribution < 1.29 is 9.84 Å². The van der Waals surface area contributed by atoms with Gasteiger partial charge in [0.05, 0.1) is 6.61 Å². The van der Waals surface area contributed by atoms with Crippen molar-refractivity contribution >= 4 is 45.2 Å². The maximum absolute atomic E-state index is 9.41. The molecule has 0 aliphatic carbocycles. The van der Waals surface area contributed by atoms with Crippen LogP contribution >= 0.6 is 45.2 Å². The molecule has 12 heavy (non-hydrogen) atoms. The summed E-state index contributed by atoms with van der Waals surface area (Å²) in [7, 11) is 0. The van der Waals surface area contributed by atoms with Crippen LogP contribution in [0.5, 0.6) is 11.5 Å². The molecule has 66 valence electrons. The number of phenolic OH excluding ortho intramolecular Hbond substituents is 1. The summed E-state index contributed by atoms with van der Waals surface area (Å²) in [6, 6.07) is 3.54. The fraction of sp³-hybridized carbons (Fsp3) is 0.250. The van der Waals surface area contributed by atoms with E-state index in [0.717, 1.165) is 7.14 Å². The minimum atomic E-state index is 0.210. The Morgan fingerprint density at radius 3 is 2.50 bits per heavy atom. The van der Waals surface area contributed by atoms with Gasteiger partial charge in [-0.15, -0.1) is 0 Å². The number of ether oxygens (including phenoxy) is 1. The van der Waals surface area contributed by atoms with Gasteiger partial charge in [-0.3, -0.25) is 0 Å². The molecule has 0 aromatic heterocycles. The van der Waals surface area contributed by atoms with Crippen LogP contribution in [-0.4, -0.2) is 11.7 Å². The Morgan fingerprint density at radius 2 is 1.92 bits per heavy atom. The summed E-state index contributed by atoms with van der Waals surface area (Å²) >= 11 is 4.38. The Bertz CT molecular complexity index is 287. The van der Waals surface area contributed by atoms with E-state index in [2.05, 4.69) is 45.2 Å². The molecule has 0 unspecified atom stereocenters. The van der Waals surface area contributed by atoms with Crippen LogP contribution in [0, 0.1) is 7.14 Å². The Hall–Kier alpha value is 0.280. The zero-order valence-electron chi connectivity index (χ0n) is 6.47. The maximum atomic E-state index is 9.41. The second-order valence-electron chi connectivity index (χ2n) is 2.17. The van der Waals surface area contributed by atoms with Crippen molar-refractivity contribution in [1.29, 1.82) is 0 Å². The number of phenols is 1. The van der Waals surface area contributed by atoms with E-state index in [1.807, 2.05) is 13.0 Å². The van der Waals surface area contributed by atoms with Gasteiger partial charge in [0.2, 0.25) is 0 Å². The average Bonchev–Trinajstić information content (AvgIpc) is 2.01. The third-order valence-corrected chi connectivity index (χ3v) is 4.12. The molecule has 0 fully saturated rings. The number of aromatic hydroxyl groups is 1. The first-order chi connectivity index (χ1) is 5.65. The second kappa shape index (κ2) is 4.50. The molecule has 0 saturated heterocycles. The lowest BCUT2D eigenvalue weighted by Gasteiger charge is -2.06. The molecule has 0 amide bonds. The Labute approximate surface area is 98.6 Å². The number of halogens is 2. The van der Waals surface area contributed by atoms with Gasteiger partial charge in [-0.25, -0.2) is 0 Å². The van der Waals surface area contributed by atoms with E-state index in [9.17, 15) is 5.11 Å². The zero-order chi connectivity index (χ0) is 9.14.